The number of rotatable bonds is 7. The van der Waals surface area contributed by atoms with Crippen LogP contribution in [0.3, 0.4) is 0 Å². The Labute approximate surface area is 126 Å². The van der Waals surface area contributed by atoms with Gasteiger partial charge in [-0.05, 0) is 37.0 Å². The van der Waals surface area contributed by atoms with Crippen molar-refractivity contribution in [1.82, 2.24) is 0 Å². The zero-order valence-corrected chi connectivity index (χ0v) is 13.8. The summed E-state index contributed by atoms with van der Waals surface area (Å²) in [6.45, 7) is 2.10. The predicted octanol–water partition coefficient (Wildman–Crippen LogP) is 4.07. The third-order valence-corrected chi connectivity index (χ3v) is 4.46. The number of nitrogens with zero attached hydrogens (tertiary/aromatic N) is 2. The fourth-order valence-corrected chi connectivity index (χ4v) is 2.74. The third kappa shape index (κ3) is 4.38. The first-order chi connectivity index (χ1) is 9.01. The first kappa shape index (κ1) is 16.3. The summed E-state index contributed by atoms with van der Waals surface area (Å²) in [5.74, 6) is 1.05. The number of halogens is 1. The van der Waals surface area contributed by atoms with E-state index in [1.807, 2.05) is 24.1 Å². The Hall–Kier alpha value is -0.750. The van der Waals surface area contributed by atoms with Gasteiger partial charge in [-0.2, -0.15) is 11.8 Å². The van der Waals surface area contributed by atoms with Gasteiger partial charge in [0.25, 0.3) is 5.69 Å². The second-order valence-electron chi connectivity index (χ2n) is 4.46. The summed E-state index contributed by atoms with van der Waals surface area (Å²) in [5.41, 5.74) is 1.78. The molecule has 1 aromatic rings. The number of hydrogen-bond acceptors (Lipinski definition) is 4. The topological polar surface area (TPSA) is 46.4 Å². The summed E-state index contributed by atoms with van der Waals surface area (Å²) in [6.07, 6.45) is 3.08. The quantitative estimate of drug-likeness (QED) is 0.424. The average molecular weight is 347 g/mol. The fraction of sp³-hybridized carbons (Fsp3) is 0.538. The molecule has 0 saturated carbocycles. The number of alkyl halides is 1. The van der Waals surface area contributed by atoms with Crippen molar-refractivity contribution in [2.45, 2.75) is 24.7 Å². The standard InChI is InChI=1S/C13H19BrN2O2S/c1-10(6-7-19-3)15(2)12-5-4-11(9-14)8-13(12)16(17)18/h4-5,8,10H,6-7,9H2,1-3H3. The Kier molecular flexibility index (Phi) is 6.65. The number of nitro groups is 1. The molecule has 0 spiro atoms. The van der Waals surface area contributed by atoms with Crippen LogP contribution >= 0.6 is 27.7 Å². The molecule has 0 aromatic heterocycles. The van der Waals surface area contributed by atoms with Gasteiger partial charge in [0.1, 0.15) is 5.69 Å². The number of thioether (sulfide) groups is 1. The number of anilines is 1. The molecular weight excluding hydrogens is 328 g/mol. The van der Waals surface area contributed by atoms with Crippen LogP contribution in [0.15, 0.2) is 18.2 Å². The van der Waals surface area contributed by atoms with Crippen molar-refractivity contribution >= 4 is 39.1 Å². The van der Waals surface area contributed by atoms with E-state index >= 15 is 0 Å². The molecule has 19 heavy (non-hydrogen) atoms. The SMILES string of the molecule is CSCCC(C)N(C)c1ccc(CBr)cc1[N+](=O)[O-]. The molecule has 0 radical (unpaired) electrons. The lowest BCUT2D eigenvalue weighted by Gasteiger charge is -2.26. The lowest BCUT2D eigenvalue weighted by molar-refractivity contribution is -0.384. The van der Waals surface area contributed by atoms with E-state index in [-0.39, 0.29) is 16.7 Å². The van der Waals surface area contributed by atoms with Gasteiger partial charge in [-0.3, -0.25) is 10.1 Å². The van der Waals surface area contributed by atoms with Gasteiger partial charge >= 0.3 is 0 Å². The first-order valence-electron chi connectivity index (χ1n) is 6.06. The number of hydrogen-bond donors (Lipinski definition) is 0. The summed E-state index contributed by atoms with van der Waals surface area (Å²) in [6, 6.07) is 5.68. The van der Waals surface area contributed by atoms with Crippen LogP contribution in [0.1, 0.15) is 18.9 Å². The van der Waals surface area contributed by atoms with Gasteiger partial charge in [0.05, 0.1) is 4.92 Å². The molecule has 0 bridgehead atoms. The van der Waals surface area contributed by atoms with E-state index in [1.54, 1.807) is 17.8 Å². The van der Waals surface area contributed by atoms with Crippen molar-refractivity contribution < 1.29 is 4.92 Å². The minimum Gasteiger partial charge on any atom is -0.366 e. The summed E-state index contributed by atoms with van der Waals surface area (Å²) >= 11 is 5.12. The second kappa shape index (κ2) is 7.75. The maximum atomic E-state index is 11.2. The second-order valence-corrected chi connectivity index (χ2v) is 6.00. The van der Waals surface area contributed by atoms with Crippen molar-refractivity contribution in [3.63, 3.8) is 0 Å². The lowest BCUT2D eigenvalue weighted by atomic mass is 10.1. The number of nitro benzene ring substituents is 1. The zero-order valence-electron chi connectivity index (χ0n) is 11.4. The monoisotopic (exact) mass is 346 g/mol. The Morgan fingerprint density at radius 2 is 2.21 bits per heavy atom. The summed E-state index contributed by atoms with van der Waals surface area (Å²) in [5, 5.41) is 11.8. The molecule has 0 heterocycles. The summed E-state index contributed by atoms with van der Waals surface area (Å²) < 4.78 is 0. The molecule has 0 aliphatic carbocycles. The van der Waals surface area contributed by atoms with Gasteiger partial charge in [-0.15, -0.1) is 0 Å². The highest BCUT2D eigenvalue weighted by molar-refractivity contribution is 9.08. The zero-order chi connectivity index (χ0) is 14.4. The van der Waals surface area contributed by atoms with E-state index in [0.29, 0.717) is 11.0 Å². The average Bonchev–Trinajstić information content (AvgIpc) is 2.43. The molecule has 0 aliphatic heterocycles. The van der Waals surface area contributed by atoms with Crippen molar-refractivity contribution in [2.75, 3.05) is 24.0 Å². The normalized spacial score (nSPS) is 12.2. The van der Waals surface area contributed by atoms with Crippen molar-refractivity contribution in [2.24, 2.45) is 0 Å². The van der Waals surface area contributed by atoms with Crippen LogP contribution in [0, 0.1) is 10.1 Å². The van der Waals surface area contributed by atoms with Crippen molar-refractivity contribution in [3.05, 3.63) is 33.9 Å². The van der Waals surface area contributed by atoms with Gasteiger partial charge in [0.2, 0.25) is 0 Å². The van der Waals surface area contributed by atoms with E-state index in [1.165, 1.54) is 0 Å². The van der Waals surface area contributed by atoms with Crippen LogP contribution in [0.5, 0.6) is 0 Å². The van der Waals surface area contributed by atoms with Crippen LogP contribution in [-0.4, -0.2) is 30.0 Å². The van der Waals surface area contributed by atoms with Gasteiger partial charge in [0, 0.05) is 24.5 Å². The molecule has 106 valence electrons. The molecule has 4 nitrogen and oxygen atoms in total. The molecule has 0 saturated heterocycles. The van der Waals surface area contributed by atoms with E-state index < -0.39 is 0 Å². The first-order valence-corrected chi connectivity index (χ1v) is 8.57. The van der Waals surface area contributed by atoms with Crippen LogP contribution in [-0.2, 0) is 5.33 Å². The molecule has 0 amide bonds. The number of benzene rings is 1. The summed E-state index contributed by atoms with van der Waals surface area (Å²) in [7, 11) is 1.92. The minimum atomic E-state index is -0.306. The highest BCUT2D eigenvalue weighted by atomic mass is 79.9. The Balaban J connectivity index is 3.01. The molecule has 0 aliphatic rings. The largest absolute Gasteiger partial charge is 0.366 e. The molecule has 1 aromatic carbocycles. The van der Waals surface area contributed by atoms with Gasteiger partial charge in [-0.25, -0.2) is 0 Å². The van der Waals surface area contributed by atoms with Crippen LogP contribution in [0.2, 0.25) is 0 Å². The Morgan fingerprint density at radius 3 is 2.74 bits per heavy atom. The van der Waals surface area contributed by atoms with Gasteiger partial charge in [0.15, 0.2) is 0 Å². The molecule has 1 rings (SSSR count). The molecule has 1 atom stereocenters. The molecule has 0 fully saturated rings. The third-order valence-electron chi connectivity index (χ3n) is 3.17. The molecule has 1 unspecified atom stereocenters. The Bertz CT molecular complexity index is 443. The maximum Gasteiger partial charge on any atom is 0.292 e. The summed E-state index contributed by atoms with van der Waals surface area (Å²) in [4.78, 5) is 12.9. The predicted molar refractivity (Wildman–Crippen MR) is 86.6 cm³/mol. The van der Waals surface area contributed by atoms with E-state index in [9.17, 15) is 10.1 Å². The van der Waals surface area contributed by atoms with Crippen LogP contribution in [0.4, 0.5) is 11.4 Å². The Morgan fingerprint density at radius 1 is 1.53 bits per heavy atom. The van der Waals surface area contributed by atoms with Crippen LogP contribution in [0.25, 0.3) is 0 Å². The van der Waals surface area contributed by atoms with E-state index in [4.69, 9.17) is 0 Å². The highest BCUT2D eigenvalue weighted by Crippen LogP contribution is 2.31. The molecule has 6 heteroatoms. The van der Waals surface area contributed by atoms with E-state index in [2.05, 4.69) is 29.1 Å². The maximum absolute atomic E-state index is 11.2. The molecule has 0 N–H and O–H groups in total. The highest BCUT2D eigenvalue weighted by Gasteiger charge is 2.20. The van der Waals surface area contributed by atoms with Crippen LogP contribution < -0.4 is 4.90 Å². The van der Waals surface area contributed by atoms with Gasteiger partial charge in [-0.1, -0.05) is 22.0 Å². The van der Waals surface area contributed by atoms with Gasteiger partial charge < -0.3 is 4.90 Å². The van der Waals surface area contributed by atoms with E-state index in [0.717, 1.165) is 17.7 Å². The van der Waals surface area contributed by atoms with Crippen molar-refractivity contribution in [3.8, 4) is 0 Å². The smallest absolute Gasteiger partial charge is 0.292 e. The fourth-order valence-electron chi connectivity index (χ4n) is 1.82. The molecular formula is C13H19BrN2O2S. The van der Waals surface area contributed by atoms with Crippen molar-refractivity contribution in [1.29, 1.82) is 0 Å². The lowest BCUT2D eigenvalue weighted by Crippen LogP contribution is -2.29. The minimum absolute atomic E-state index is 0.176.